The minimum absolute atomic E-state index is 0.0437. The Hall–Kier alpha value is -1.66. The molecule has 1 heterocycles. The fourth-order valence-corrected chi connectivity index (χ4v) is 3.85. The molecular weight excluding hydrogens is 360 g/mol. The van der Waals surface area contributed by atoms with Crippen molar-refractivity contribution in [3.05, 3.63) is 23.4 Å². The smallest absolute Gasteiger partial charge is 0.252 e. The zero-order chi connectivity index (χ0) is 19.7. The lowest BCUT2D eigenvalue weighted by Crippen LogP contribution is -2.44. The molecule has 1 aromatic rings. The van der Waals surface area contributed by atoms with E-state index >= 15 is 0 Å². The van der Waals surface area contributed by atoms with Crippen LogP contribution in [0.25, 0.3) is 0 Å². The van der Waals surface area contributed by atoms with Crippen LogP contribution in [0.2, 0.25) is 0 Å². The van der Waals surface area contributed by atoms with Gasteiger partial charge in [-0.25, -0.2) is 22.5 Å². The molecule has 3 rings (SSSR count). The van der Waals surface area contributed by atoms with Gasteiger partial charge in [0.1, 0.15) is 11.5 Å². The van der Waals surface area contributed by atoms with Crippen LogP contribution in [0, 0.1) is 5.92 Å². The van der Waals surface area contributed by atoms with Gasteiger partial charge in [-0.05, 0) is 43.2 Å². The van der Waals surface area contributed by atoms with Gasteiger partial charge in [-0.15, -0.1) is 0 Å². The molecule has 150 valence electrons. The fourth-order valence-electron chi connectivity index (χ4n) is 3.85. The second kappa shape index (κ2) is 7.76. The van der Waals surface area contributed by atoms with Gasteiger partial charge in [-0.1, -0.05) is 13.0 Å². The van der Waals surface area contributed by atoms with E-state index in [1.807, 2.05) is 13.0 Å². The minimum atomic E-state index is -2.64. The summed E-state index contributed by atoms with van der Waals surface area (Å²) in [5.74, 6) is -4.67. The number of anilines is 1. The molecule has 2 aliphatic carbocycles. The number of hydrogen-bond donors (Lipinski definition) is 1. The van der Waals surface area contributed by atoms with Crippen LogP contribution in [0.5, 0.6) is 0 Å². The van der Waals surface area contributed by atoms with Crippen molar-refractivity contribution in [2.45, 2.75) is 82.6 Å². The molecule has 1 aromatic heterocycles. The molecule has 0 amide bonds. The van der Waals surface area contributed by atoms with E-state index in [-0.39, 0.29) is 43.4 Å². The molecule has 2 fully saturated rings. The normalized spacial score (nSPS) is 21.4. The van der Waals surface area contributed by atoms with Crippen molar-refractivity contribution in [1.29, 1.82) is 0 Å². The second-order valence-corrected chi connectivity index (χ2v) is 8.01. The summed E-state index contributed by atoms with van der Waals surface area (Å²) in [5, 5.41) is 3.06. The molecule has 0 atom stereocenters. The second-order valence-electron chi connectivity index (χ2n) is 8.01. The summed E-state index contributed by atoms with van der Waals surface area (Å²) in [6.07, 6.45) is 2.62. The largest absolute Gasteiger partial charge is 0.367 e. The Labute approximate surface area is 156 Å². The molecule has 27 heavy (non-hydrogen) atoms. The number of ketones is 1. The monoisotopic (exact) mass is 386 g/mol. The lowest BCUT2D eigenvalue weighted by atomic mass is 9.78. The van der Waals surface area contributed by atoms with Crippen LogP contribution in [-0.4, -0.2) is 28.7 Å². The summed E-state index contributed by atoms with van der Waals surface area (Å²) in [5.41, 5.74) is 1.19. The predicted octanol–water partition coefficient (Wildman–Crippen LogP) is 5.64. The number of nitrogens with one attached hydrogen (secondary N) is 1. The van der Waals surface area contributed by atoms with Crippen molar-refractivity contribution in [2.75, 3.05) is 5.32 Å². The highest BCUT2D eigenvalue weighted by Gasteiger charge is 2.46. The van der Waals surface area contributed by atoms with Gasteiger partial charge in [0, 0.05) is 38.1 Å². The number of rotatable bonds is 9. The van der Waals surface area contributed by atoms with E-state index in [2.05, 4.69) is 10.3 Å². The van der Waals surface area contributed by atoms with Crippen LogP contribution in [0.1, 0.15) is 74.3 Å². The van der Waals surface area contributed by atoms with E-state index in [1.165, 1.54) is 0 Å². The Balaban J connectivity index is 1.62. The van der Waals surface area contributed by atoms with Gasteiger partial charge in [0.25, 0.3) is 5.92 Å². The molecule has 0 spiro atoms. The Morgan fingerprint density at radius 1 is 1.15 bits per heavy atom. The van der Waals surface area contributed by atoms with Crippen LogP contribution in [-0.2, 0) is 6.42 Å². The zero-order valence-electron chi connectivity index (χ0n) is 15.5. The topological polar surface area (TPSA) is 42.0 Å². The summed E-state index contributed by atoms with van der Waals surface area (Å²) in [6.45, 7) is 1.91. The molecular formula is C20H26F4N2O. The van der Waals surface area contributed by atoms with Gasteiger partial charge in [0.2, 0.25) is 5.92 Å². The molecule has 3 nitrogen and oxygen atoms in total. The number of aryl methyl sites for hydroxylation is 1. The average molecular weight is 386 g/mol. The fraction of sp³-hybridized carbons (Fsp3) is 0.700. The summed E-state index contributed by atoms with van der Waals surface area (Å²) in [4.78, 5) is 16.5. The van der Waals surface area contributed by atoms with Gasteiger partial charge >= 0.3 is 0 Å². The van der Waals surface area contributed by atoms with E-state index in [0.717, 1.165) is 12.0 Å². The van der Waals surface area contributed by atoms with Crippen LogP contribution in [0.15, 0.2) is 12.1 Å². The van der Waals surface area contributed by atoms with Crippen molar-refractivity contribution in [3.63, 3.8) is 0 Å². The molecule has 0 bridgehead atoms. The third-order valence-corrected chi connectivity index (χ3v) is 5.41. The lowest BCUT2D eigenvalue weighted by molar-refractivity contribution is -0.112. The number of alkyl halides is 4. The van der Waals surface area contributed by atoms with E-state index in [9.17, 15) is 22.4 Å². The zero-order valence-corrected chi connectivity index (χ0v) is 15.5. The number of halogens is 4. The molecule has 0 unspecified atom stereocenters. The molecule has 7 heteroatoms. The highest BCUT2D eigenvalue weighted by Crippen LogP contribution is 2.44. The number of hydrogen-bond acceptors (Lipinski definition) is 3. The molecule has 2 aliphatic rings. The highest BCUT2D eigenvalue weighted by atomic mass is 19.3. The quantitative estimate of drug-likeness (QED) is 0.441. The van der Waals surface area contributed by atoms with Crippen molar-refractivity contribution < 1.29 is 22.4 Å². The van der Waals surface area contributed by atoms with Gasteiger partial charge in [0.05, 0.1) is 0 Å². The van der Waals surface area contributed by atoms with Gasteiger partial charge in [-0.2, -0.15) is 0 Å². The van der Waals surface area contributed by atoms with Crippen LogP contribution >= 0.6 is 0 Å². The first kappa shape index (κ1) is 20.1. The Bertz CT molecular complexity index is 677. The first-order valence-corrected chi connectivity index (χ1v) is 9.73. The third-order valence-electron chi connectivity index (χ3n) is 5.41. The molecule has 0 saturated heterocycles. The summed E-state index contributed by atoms with van der Waals surface area (Å²) in [7, 11) is 0. The van der Waals surface area contributed by atoms with Gasteiger partial charge in [0.15, 0.2) is 5.78 Å². The maximum absolute atomic E-state index is 13.1. The maximum Gasteiger partial charge on any atom is 0.252 e. The number of carbonyl (C=O) groups excluding carboxylic acids is 1. The Morgan fingerprint density at radius 2 is 1.81 bits per heavy atom. The SMILES string of the molecule is CCCC(=O)c1ccc(CCCC2CC(F)(F)C2)c(NC2CC(F)(F)C2)n1. The number of Topliss-reactive ketones (excluding diaryl/α,β-unsaturated/α-hetero) is 1. The number of pyridine rings is 1. The summed E-state index contributed by atoms with van der Waals surface area (Å²) in [6, 6.07) is 3.13. The van der Waals surface area contributed by atoms with E-state index in [4.69, 9.17) is 0 Å². The third kappa shape index (κ3) is 5.20. The molecule has 1 N–H and O–H groups in total. The summed E-state index contributed by atoms with van der Waals surface area (Å²) < 4.78 is 52.1. The first-order valence-electron chi connectivity index (χ1n) is 9.73. The summed E-state index contributed by atoms with van der Waals surface area (Å²) >= 11 is 0. The van der Waals surface area contributed by atoms with E-state index < -0.39 is 11.8 Å². The van der Waals surface area contributed by atoms with Crippen LogP contribution < -0.4 is 5.32 Å². The molecule has 0 radical (unpaired) electrons. The Morgan fingerprint density at radius 3 is 2.41 bits per heavy atom. The highest BCUT2D eigenvalue weighted by molar-refractivity contribution is 5.94. The molecule has 0 aromatic carbocycles. The van der Waals surface area contributed by atoms with Crippen LogP contribution in [0.3, 0.4) is 0 Å². The predicted molar refractivity (Wildman–Crippen MR) is 95.7 cm³/mol. The van der Waals surface area contributed by atoms with E-state index in [1.54, 1.807) is 6.07 Å². The van der Waals surface area contributed by atoms with Gasteiger partial charge in [-0.3, -0.25) is 4.79 Å². The molecule has 0 aliphatic heterocycles. The van der Waals surface area contributed by atoms with Gasteiger partial charge < -0.3 is 5.32 Å². The minimum Gasteiger partial charge on any atom is -0.367 e. The number of aromatic nitrogens is 1. The maximum atomic E-state index is 13.1. The van der Waals surface area contributed by atoms with Crippen LogP contribution in [0.4, 0.5) is 23.4 Å². The lowest BCUT2D eigenvalue weighted by Gasteiger charge is -2.36. The Kier molecular flexibility index (Phi) is 5.77. The van der Waals surface area contributed by atoms with Crippen molar-refractivity contribution >= 4 is 11.6 Å². The standard InChI is InChI=1S/C20H26F4N2O/c1-2-4-17(27)16-8-7-14(6-3-5-13-9-19(21,22)10-13)18(26-16)25-15-11-20(23,24)12-15/h7-8,13,15H,2-6,9-12H2,1H3,(H,25,26). The number of carbonyl (C=O) groups is 1. The van der Waals surface area contributed by atoms with Crippen molar-refractivity contribution in [3.8, 4) is 0 Å². The first-order chi connectivity index (χ1) is 12.7. The number of nitrogens with zero attached hydrogens (tertiary/aromatic N) is 1. The average Bonchev–Trinajstić information content (AvgIpc) is 2.52. The van der Waals surface area contributed by atoms with Crippen molar-refractivity contribution in [1.82, 2.24) is 4.98 Å². The van der Waals surface area contributed by atoms with Crippen molar-refractivity contribution in [2.24, 2.45) is 5.92 Å². The van der Waals surface area contributed by atoms with E-state index in [0.29, 0.717) is 37.2 Å². The molecule has 2 saturated carbocycles.